The zero-order chi connectivity index (χ0) is 15.0. The Labute approximate surface area is 114 Å². The molecule has 0 saturated heterocycles. The molecule has 1 aromatic rings. The van der Waals surface area contributed by atoms with Gasteiger partial charge < -0.3 is 14.8 Å². The van der Waals surface area contributed by atoms with Gasteiger partial charge in [-0.25, -0.2) is 13.2 Å². The lowest BCUT2D eigenvalue weighted by molar-refractivity contribution is 0.0688. The third-order valence-electron chi connectivity index (χ3n) is 2.43. The predicted octanol–water partition coefficient (Wildman–Crippen LogP) is 1.89. The van der Waals surface area contributed by atoms with E-state index < -0.39 is 23.4 Å². The molecular formula is C13H16F3NO3. The summed E-state index contributed by atoms with van der Waals surface area (Å²) >= 11 is 0. The lowest BCUT2D eigenvalue weighted by Crippen LogP contribution is -2.25. The average Bonchev–Trinajstić information content (AvgIpc) is 2.43. The molecule has 0 aliphatic heterocycles. The van der Waals surface area contributed by atoms with E-state index in [9.17, 15) is 18.0 Å². The van der Waals surface area contributed by atoms with Gasteiger partial charge in [0.05, 0.1) is 13.2 Å². The Balaban J connectivity index is 2.33. The lowest BCUT2D eigenvalue weighted by Gasteiger charge is -2.07. The van der Waals surface area contributed by atoms with Gasteiger partial charge in [-0.1, -0.05) is 0 Å². The molecule has 0 radical (unpaired) electrons. The van der Waals surface area contributed by atoms with E-state index in [0.29, 0.717) is 38.4 Å². The van der Waals surface area contributed by atoms with E-state index >= 15 is 0 Å². The van der Waals surface area contributed by atoms with E-state index in [2.05, 4.69) is 5.32 Å². The number of nitrogens with one attached hydrogen (secondary N) is 1. The van der Waals surface area contributed by atoms with E-state index in [1.165, 1.54) is 0 Å². The summed E-state index contributed by atoms with van der Waals surface area (Å²) in [7, 11) is 1.56. The maximum Gasteiger partial charge on any atom is 0.251 e. The van der Waals surface area contributed by atoms with Crippen LogP contribution in [0.2, 0.25) is 0 Å². The SMILES string of the molecule is COCCOCCCNC(=O)c1cc(F)c(F)c(F)c1. The number of methoxy groups -OCH3 is 1. The highest BCUT2D eigenvalue weighted by atomic mass is 19.2. The smallest absolute Gasteiger partial charge is 0.251 e. The zero-order valence-corrected chi connectivity index (χ0v) is 11.0. The summed E-state index contributed by atoms with van der Waals surface area (Å²) in [4.78, 5) is 11.6. The Morgan fingerprint density at radius 1 is 1.15 bits per heavy atom. The van der Waals surface area contributed by atoms with Crippen LogP contribution >= 0.6 is 0 Å². The van der Waals surface area contributed by atoms with Crippen LogP contribution in [0.5, 0.6) is 0 Å². The number of halogens is 3. The molecule has 0 aromatic heterocycles. The number of ether oxygens (including phenoxy) is 2. The number of hydrogen-bond donors (Lipinski definition) is 1. The second-order valence-corrected chi connectivity index (χ2v) is 3.97. The Bertz CT molecular complexity index is 431. The van der Waals surface area contributed by atoms with Gasteiger partial charge in [-0.05, 0) is 18.6 Å². The van der Waals surface area contributed by atoms with E-state index in [-0.39, 0.29) is 12.1 Å². The van der Waals surface area contributed by atoms with Gasteiger partial charge >= 0.3 is 0 Å². The fourth-order valence-electron chi connectivity index (χ4n) is 1.41. The number of benzene rings is 1. The number of rotatable bonds is 8. The largest absolute Gasteiger partial charge is 0.382 e. The fraction of sp³-hybridized carbons (Fsp3) is 0.462. The van der Waals surface area contributed by atoms with Crippen LogP contribution in [-0.4, -0.2) is 39.4 Å². The van der Waals surface area contributed by atoms with Crippen molar-refractivity contribution in [3.63, 3.8) is 0 Å². The molecule has 4 nitrogen and oxygen atoms in total. The monoisotopic (exact) mass is 291 g/mol. The lowest BCUT2D eigenvalue weighted by atomic mass is 10.2. The van der Waals surface area contributed by atoms with Gasteiger partial charge in [0.2, 0.25) is 0 Å². The molecule has 1 rings (SSSR count). The molecular weight excluding hydrogens is 275 g/mol. The molecule has 1 aromatic carbocycles. The summed E-state index contributed by atoms with van der Waals surface area (Å²) in [5, 5.41) is 2.46. The first kappa shape index (κ1) is 16.5. The van der Waals surface area contributed by atoms with Crippen LogP contribution in [0.3, 0.4) is 0 Å². The second-order valence-electron chi connectivity index (χ2n) is 3.97. The minimum Gasteiger partial charge on any atom is -0.382 e. The Hall–Kier alpha value is -1.60. The summed E-state index contributed by atoms with van der Waals surface area (Å²) in [5.41, 5.74) is -0.262. The van der Waals surface area contributed by atoms with Crippen molar-refractivity contribution in [2.45, 2.75) is 6.42 Å². The van der Waals surface area contributed by atoms with E-state index in [4.69, 9.17) is 9.47 Å². The minimum absolute atomic E-state index is 0.262. The van der Waals surface area contributed by atoms with Gasteiger partial charge in [0, 0.05) is 25.8 Å². The van der Waals surface area contributed by atoms with Crippen LogP contribution in [0, 0.1) is 17.5 Å². The van der Waals surface area contributed by atoms with Crippen molar-refractivity contribution < 1.29 is 27.4 Å². The summed E-state index contributed by atoms with van der Waals surface area (Å²) in [5.74, 6) is -5.04. The fourth-order valence-corrected chi connectivity index (χ4v) is 1.41. The average molecular weight is 291 g/mol. The number of carbonyl (C=O) groups is 1. The Morgan fingerprint density at radius 3 is 2.40 bits per heavy atom. The summed E-state index contributed by atoms with van der Waals surface area (Å²) in [6, 6.07) is 1.31. The molecule has 1 N–H and O–H groups in total. The molecule has 0 unspecified atom stereocenters. The van der Waals surface area contributed by atoms with Crippen LogP contribution in [-0.2, 0) is 9.47 Å². The third-order valence-corrected chi connectivity index (χ3v) is 2.43. The van der Waals surface area contributed by atoms with Gasteiger partial charge in [0.1, 0.15) is 0 Å². The van der Waals surface area contributed by atoms with Crippen molar-refractivity contribution >= 4 is 5.91 Å². The first-order valence-electron chi connectivity index (χ1n) is 6.05. The summed E-state index contributed by atoms with van der Waals surface area (Å²) in [6.07, 6.45) is 0.543. The summed E-state index contributed by atoms with van der Waals surface area (Å²) < 4.78 is 48.5. The standard InChI is InChI=1S/C13H16F3NO3/c1-19-5-6-20-4-2-3-17-13(18)9-7-10(14)12(16)11(15)8-9/h7-8H,2-6H2,1H3,(H,17,18). The topological polar surface area (TPSA) is 47.6 Å². The maximum atomic E-state index is 12.9. The number of carbonyl (C=O) groups excluding carboxylic acids is 1. The molecule has 0 saturated carbocycles. The van der Waals surface area contributed by atoms with Gasteiger partial charge in [-0.3, -0.25) is 4.79 Å². The quantitative estimate of drug-likeness (QED) is 0.588. The third kappa shape index (κ3) is 5.18. The van der Waals surface area contributed by atoms with Gasteiger partial charge in [-0.15, -0.1) is 0 Å². The molecule has 0 fully saturated rings. The molecule has 0 spiro atoms. The van der Waals surface area contributed by atoms with Crippen LogP contribution in [0.25, 0.3) is 0 Å². The Kier molecular flexibility index (Phi) is 7.03. The maximum absolute atomic E-state index is 12.9. The van der Waals surface area contributed by atoms with Crippen LogP contribution in [0.15, 0.2) is 12.1 Å². The van der Waals surface area contributed by atoms with Gasteiger partial charge in [-0.2, -0.15) is 0 Å². The first-order valence-corrected chi connectivity index (χ1v) is 6.05. The van der Waals surface area contributed by atoms with Gasteiger partial charge in [0.15, 0.2) is 17.5 Å². The molecule has 112 valence electrons. The normalized spacial score (nSPS) is 10.6. The van der Waals surface area contributed by atoms with Crippen molar-refractivity contribution in [2.75, 3.05) is 33.5 Å². The second kappa shape index (κ2) is 8.55. The van der Waals surface area contributed by atoms with Crippen molar-refractivity contribution in [3.8, 4) is 0 Å². The molecule has 7 heteroatoms. The van der Waals surface area contributed by atoms with E-state index in [1.54, 1.807) is 7.11 Å². The highest BCUT2D eigenvalue weighted by Crippen LogP contribution is 2.13. The van der Waals surface area contributed by atoms with E-state index in [0.717, 1.165) is 0 Å². The predicted molar refractivity (Wildman–Crippen MR) is 66.0 cm³/mol. The van der Waals surface area contributed by atoms with Gasteiger partial charge in [0.25, 0.3) is 5.91 Å². The van der Waals surface area contributed by atoms with Crippen LogP contribution in [0.1, 0.15) is 16.8 Å². The number of amides is 1. The Morgan fingerprint density at radius 2 is 1.80 bits per heavy atom. The van der Waals surface area contributed by atoms with Crippen molar-refractivity contribution in [3.05, 3.63) is 35.1 Å². The molecule has 1 amide bonds. The van der Waals surface area contributed by atoms with Crippen molar-refractivity contribution in [1.29, 1.82) is 0 Å². The van der Waals surface area contributed by atoms with Crippen molar-refractivity contribution in [2.24, 2.45) is 0 Å². The molecule has 0 atom stereocenters. The molecule has 0 bridgehead atoms. The van der Waals surface area contributed by atoms with Crippen molar-refractivity contribution in [1.82, 2.24) is 5.32 Å². The zero-order valence-electron chi connectivity index (χ0n) is 11.0. The van der Waals surface area contributed by atoms with E-state index in [1.807, 2.05) is 0 Å². The molecule has 0 aliphatic carbocycles. The minimum atomic E-state index is -1.59. The highest BCUT2D eigenvalue weighted by molar-refractivity contribution is 5.94. The number of hydrogen-bond acceptors (Lipinski definition) is 3. The molecule has 0 heterocycles. The van der Waals surface area contributed by atoms with Crippen LogP contribution < -0.4 is 5.32 Å². The molecule has 20 heavy (non-hydrogen) atoms. The first-order chi connectivity index (χ1) is 9.56. The molecule has 0 aliphatic rings. The highest BCUT2D eigenvalue weighted by Gasteiger charge is 2.14. The van der Waals surface area contributed by atoms with Crippen LogP contribution in [0.4, 0.5) is 13.2 Å². The summed E-state index contributed by atoms with van der Waals surface area (Å²) in [6.45, 7) is 1.65.